The second-order valence-corrected chi connectivity index (χ2v) is 5.56. The van der Waals surface area contributed by atoms with Crippen molar-refractivity contribution in [2.45, 2.75) is 26.2 Å². The molecule has 0 spiro atoms. The minimum Gasteiger partial charge on any atom is -0.459 e. The van der Waals surface area contributed by atoms with Crippen molar-refractivity contribution >= 4 is 41.5 Å². The number of amides is 1. The summed E-state index contributed by atoms with van der Waals surface area (Å²) in [5.74, 6) is 0.884. The van der Waals surface area contributed by atoms with Crippen LogP contribution in [0.15, 0.2) is 52.1 Å². The van der Waals surface area contributed by atoms with Crippen LogP contribution in [-0.2, 0) is 0 Å². The minimum absolute atomic E-state index is 0. The summed E-state index contributed by atoms with van der Waals surface area (Å²) >= 11 is 0. The fraction of sp³-hybridized carbons (Fsp3) is 0.333. The SMILES string of the molecule is CCC(C)c1ccc(NC(N)=NCCNC(=O)c2ccco2)cc1.I. The van der Waals surface area contributed by atoms with E-state index in [0.29, 0.717) is 25.0 Å². The molecule has 1 aromatic carbocycles. The van der Waals surface area contributed by atoms with E-state index in [0.717, 1.165) is 12.1 Å². The van der Waals surface area contributed by atoms with Crippen LogP contribution in [0.1, 0.15) is 42.3 Å². The van der Waals surface area contributed by atoms with Crippen molar-refractivity contribution in [2.75, 3.05) is 18.4 Å². The Morgan fingerprint density at radius 1 is 1.28 bits per heavy atom. The van der Waals surface area contributed by atoms with Gasteiger partial charge in [-0.15, -0.1) is 24.0 Å². The molecule has 4 N–H and O–H groups in total. The number of nitrogens with one attached hydrogen (secondary N) is 2. The molecule has 2 aromatic rings. The van der Waals surface area contributed by atoms with Crippen LogP contribution in [0.25, 0.3) is 0 Å². The number of aliphatic imine (C=N–C) groups is 1. The number of carbonyl (C=O) groups is 1. The number of furan rings is 1. The Balaban J connectivity index is 0.00000312. The van der Waals surface area contributed by atoms with E-state index in [9.17, 15) is 4.79 Å². The Hall–Kier alpha value is -2.03. The van der Waals surface area contributed by atoms with Gasteiger partial charge >= 0.3 is 0 Å². The van der Waals surface area contributed by atoms with E-state index in [1.54, 1.807) is 12.1 Å². The van der Waals surface area contributed by atoms with Gasteiger partial charge in [-0.1, -0.05) is 26.0 Å². The number of halogens is 1. The van der Waals surface area contributed by atoms with Crippen LogP contribution in [0.5, 0.6) is 0 Å². The van der Waals surface area contributed by atoms with E-state index in [1.807, 2.05) is 12.1 Å². The molecule has 1 heterocycles. The smallest absolute Gasteiger partial charge is 0.287 e. The van der Waals surface area contributed by atoms with Crippen molar-refractivity contribution in [2.24, 2.45) is 10.7 Å². The number of benzene rings is 1. The van der Waals surface area contributed by atoms with Crippen molar-refractivity contribution in [1.82, 2.24) is 5.32 Å². The Kier molecular flexibility index (Phi) is 9.04. The van der Waals surface area contributed by atoms with Crippen molar-refractivity contribution < 1.29 is 9.21 Å². The molecule has 6 nitrogen and oxygen atoms in total. The zero-order valence-electron chi connectivity index (χ0n) is 14.5. The molecule has 0 saturated heterocycles. The first-order valence-corrected chi connectivity index (χ1v) is 8.08. The summed E-state index contributed by atoms with van der Waals surface area (Å²) in [6.07, 6.45) is 2.57. The molecule has 1 atom stereocenters. The number of anilines is 1. The van der Waals surface area contributed by atoms with Crippen LogP contribution in [0.4, 0.5) is 5.69 Å². The molecule has 1 unspecified atom stereocenters. The average Bonchev–Trinajstić information content (AvgIpc) is 3.13. The van der Waals surface area contributed by atoms with Crippen molar-refractivity contribution in [1.29, 1.82) is 0 Å². The van der Waals surface area contributed by atoms with Crippen LogP contribution < -0.4 is 16.4 Å². The topological polar surface area (TPSA) is 92.6 Å². The molecular weight excluding hydrogens is 431 g/mol. The summed E-state index contributed by atoms with van der Waals surface area (Å²) in [4.78, 5) is 15.8. The van der Waals surface area contributed by atoms with Crippen LogP contribution in [0, 0.1) is 0 Å². The Morgan fingerprint density at radius 2 is 2.00 bits per heavy atom. The molecule has 0 fully saturated rings. The zero-order chi connectivity index (χ0) is 17.4. The van der Waals surface area contributed by atoms with Gasteiger partial charge in [0.25, 0.3) is 5.91 Å². The maximum atomic E-state index is 11.7. The molecule has 0 bridgehead atoms. The van der Waals surface area contributed by atoms with Crippen LogP contribution >= 0.6 is 24.0 Å². The number of carbonyl (C=O) groups excluding carboxylic acids is 1. The largest absolute Gasteiger partial charge is 0.459 e. The van der Waals surface area contributed by atoms with Crippen LogP contribution in [-0.4, -0.2) is 25.0 Å². The van der Waals surface area contributed by atoms with Gasteiger partial charge < -0.3 is 20.8 Å². The van der Waals surface area contributed by atoms with Crippen molar-refractivity contribution in [3.63, 3.8) is 0 Å². The second-order valence-electron chi connectivity index (χ2n) is 5.56. The van der Waals surface area contributed by atoms with E-state index in [4.69, 9.17) is 10.2 Å². The lowest BCUT2D eigenvalue weighted by Crippen LogP contribution is -2.28. The molecule has 25 heavy (non-hydrogen) atoms. The van der Waals surface area contributed by atoms with Crippen molar-refractivity contribution in [3.05, 3.63) is 54.0 Å². The first-order valence-electron chi connectivity index (χ1n) is 8.08. The predicted octanol–water partition coefficient (Wildman–Crippen LogP) is 3.57. The Labute approximate surface area is 165 Å². The van der Waals surface area contributed by atoms with Gasteiger partial charge in [-0.3, -0.25) is 9.79 Å². The summed E-state index contributed by atoms with van der Waals surface area (Å²) in [6, 6.07) is 11.4. The lowest BCUT2D eigenvalue weighted by atomic mass is 9.99. The van der Waals surface area contributed by atoms with E-state index >= 15 is 0 Å². The highest BCUT2D eigenvalue weighted by atomic mass is 127. The average molecular weight is 456 g/mol. The molecule has 1 aromatic heterocycles. The molecule has 0 aliphatic rings. The van der Waals surface area contributed by atoms with E-state index in [2.05, 4.69) is 41.6 Å². The normalized spacial score (nSPS) is 12.2. The molecule has 0 saturated carbocycles. The van der Waals surface area contributed by atoms with Gasteiger partial charge in [-0.25, -0.2) is 0 Å². The molecule has 0 aliphatic heterocycles. The molecule has 136 valence electrons. The number of hydrogen-bond acceptors (Lipinski definition) is 3. The third-order valence-corrected chi connectivity index (χ3v) is 3.79. The highest BCUT2D eigenvalue weighted by Gasteiger charge is 2.06. The molecule has 2 rings (SSSR count). The summed E-state index contributed by atoms with van der Waals surface area (Å²) in [5, 5.41) is 5.75. The summed E-state index contributed by atoms with van der Waals surface area (Å²) < 4.78 is 5.00. The Morgan fingerprint density at radius 3 is 2.60 bits per heavy atom. The molecule has 1 amide bonds. The first kappa shape index (κ1) is 21.0. The molecule has 7 heteroatoms. The van der Waals surface area contributed by atoms with Gasteiger partial charge in [0.15, 0.2) is 11.7 Å². The quantitative estimate of drug-likeness (QED) is 0.257. The fourth-order valence-electron chi connectivity index (χ4n) is 2.16. The summed E-state index contributed by atoms with van der Waals surface area (Å²) in [7, 11) is 0. The van der Waals surface area contributed by atoms with Crippen molar-refractivity contribution in [3.8, 4) is 0 Å². The van der Waals surface area contributed by atoms with Gasteiger partial charge in [0.05, 0.1) is 12.8 Å². The number of hydrogen-bond donors (Lipinski definition) is 3. The van der Waals surface area contributed by atoms with Gasteiger partial charge in [-0.05, 0) is 42.2 Å². The maximum absolute atomic E-state index is 11.7. The van der Waals surface area contributed by atoms with Gasteiger partial charge in [0.1, 0.15) is 0 Å². The second kappa shape index (κ2) is 10.8. The minimum atomic E-state index is -0.262. The van der Waals surface area contributed by atoms with E-state index in [1.165, 1.54) is 11.8 Å². The maximum Gasteiger partial charge on any atom is 0.287 e. The predicted molar refractivity (Wildman–Crippen MR) is 112 cm³/mol. The van der Waals surface area contributed by atoms with Gasteiger partial charge in [0, 0.05) is 12.2 Å². The zero-order valence-corrected chi connectivity index (χ0v) is 16.8. The lowest BCUT2D eigenvalue weighted by Gasteiger charge is -2.10. The first-order chi connectivity index (χ1) is 11.6. The van der Waals surface area contributed by atoms with Crippen LogP contribution in [0.3, 0.4) is 0 Å². The number of nitrogens with zero attached hydrogens (tertiary/aromatic N) is 1. The molecular formula is C18H25IN4O2. The highest BCUT2D eigenvalue weighted by Crippen LogP contribution is 2.20. The summed E-state index contributed by atoms with van der Waals surface area (Å²) in [5.41, 5.74) is 8.05. The molecule has 0 radical (unpaired) electrons. The third-order valence-electron chi connectivity index (χ3n) is 3.79. The fourth-order valence-corrected chi connectivity index (χ4v) is 2.16. The summed E-state index contributed by atoms with van der Waals surface area (Å²) in [6.45, 7) is 5.15. The molecule has 0 aliphatic carbocycles. The highest BCUT2D eigenvalue weighted by molar-refractivity contribution is 14.0. The number of guanidine groups is 1. The van der Waals surface area contributed by atoms with E-state index in [-0.39, 0.29) is 35.6 Å². The third kappa shape index (κ3) is 6.77. The standard InChI is InChI=1S/C18H24N4O2.HI/c1-3-13(2)14-6-8-15(9-7-14)22-18(19)21-11-10-20-17(23)16-5-4-12-24-16;/h4-9,12-13H,3,10-11H2,1-2H3,(H,20,23)(H3,19,21,22);1H. The lowest BCUT2D eigenvalue weighted by molar-refractivity contribution is 0.0927. The van der Waals surface area contributed by atoms with Gasteiger partial charge in [-0.2, -0.15) is 0 Å². The number of rotatable bonds is 7. The number of nitrogens with two attached hydrogens (primary N) is 1. The van der Waals surface area contributed by atoms with E-state index < -0.39 is 0 Å². The monoisotopic (exact) mass is 456 g/mol. The Bertz CT molecular complexity index is 669. The van der Waals surface area contributed by atoms with Gasteiger partial charge in [0.2, 0.25) is 0 Å². The van der Waals surface area contributed by atoms with Crippen LogP contribution in [0.2, 0.25) is 0 Å².